The van der Waals surface area contributed by atoms with Gasteiger partial charge in [0.1, 0.15) is 5.82 Å². The summed E-state index contributed by atoms with van der Waals surface area (Å²) in [5.74, 6) is -1.27. The molecule has 1 aromatic rings. The third-order valence-corrected chi connectivity index (χ3v) is 3.01. The molecule has 0 aromatic heterocycles. The predicted molar refractivity (Wildman–Crippen MR) is 72.8 cm³/mol. The standard InChI is InChI=1S/C14H22F2N2/c1-4-5-6-7-18(10(2)3)13-9-11(15)8-12(16)14(13)17/h8-10H,4-7,17H2,1-3H3. The molecule has 0 heterocycles. The van der Waals surface area contributed by atoms with Crippen LogP contribution in [0.25, 0.3) is 0 Å². The average molecular weight is 256 g/mol. The number of nitrogens with zero attached hydrogens (tertiary/aromatic N) is 1. The lowest BCUT2D eigenvalue weighted by Gasteiger charge is -2.30. The van der Waals surface area contributed by atoms with Crippen LogP contribution in [0.1, 0.15) is 40.0 Å². The Morgan fingerprint density at radius 2 is 1.89 bits per heavy atom. The molecule has 0 radical (unpaired) electrons. The summed E-state index contributed by atoms with van der Waals surface area (Å²) in [7, 11) is 0. The van der Waals surface area contributed by atoms with Crippen molar-refractivity contribution >= 4 is 11.4 Å². The number of halogens is 2. The zero-order valence-corrected chi connectivity index (χ0v) is 11.3. The lowest BCUT2D eigenvalue weighted by Crippen LogP contribution is -2.32. The molecule has 2 nitrogen and oxygen atoms in total. The van der Waals surface area contributed by atoms with E-state index in [2.05, 4.69) is 6.92 Å². The van der Waals surface area contributed by atoms with Crippen LogP contribution in [-0.4, -0.2) is 12.6 Å². The molecule has 1 rings (SSSR count). The summed E-state index contributed by atoms with van der Waals surface area (Å²) in [5, 5.41) is 0. The maximum absolute atomic E-state index is 13.5. The first-order chi connectivity index (χ1) is 8.47. The van der Waals surface area contributed by atoms with Crippen LogP contribution in [0.5, 0.6) is 0 Å². The van der Waals surface area contributed by atoms with E-state index in [0.29, 0.717) is 5.69 Å². The van der Waals surface area contributed by atoms with Crippen LogP contribution < -0.4 is 10.6 Å². The molecule has 0 aliphatic rings. The molecule has 0 fully saturated rings. The van der Waals surface area contributed by atoms with Crippen molar-refractivity contribution in [3.8, 4) is 0 Å². The van der Waals surface area contributed by atoms with Crippen LogP contribution in [0.4, 0.5) is 20.2 Å². The van der Waals surface area contributed by atoms with Gasteiger partial charge in [-0.1, -0.05) is 19.8 Å². The Balaban J connectivity index is 2.98. The summed E-state index contributed by atoms with van der Waals surface area (Å²) in [6.07, 6.45) is 3.20. The van der Waals surface area contributed by atoms with Crippen LogP contribution >= 0.6 is 0 Å². The van der Waals surface area contributed by atoms with E-state index in [1.54, 1.807) is 0 Å². The summed E-state index contributed by atoms with van der Waals surface area (Å²) >= 11 is 0. The van der Waals surface area contributed by atoms with Gasteiger partial charge < -0.3 is 10.6 Å². The van der Waals surface area contributed by atoms with E-state index in [1.165, 1.54) is 6.07 Å². The maximum atomic E-state index is 13.5. The normalized spacial score (nSPS) is 11.0. The number of rotatable bonds is 6. The molecule has 1 aromatic carbocycles. The molecule has 0 saturated heterocycles. The summed E-state index contributed by atoms with van der Waals surface area (Å²) in [6, 6.07) is 2.29. The molecule has 0 amide bonds. The number of hydrogen-bond donors (Lipinski definition) is 1. The number of unbranched alkanes of at least 4 members (excludes halogenated alkanes) is 2. The Kier molecular flexibility index (Phi) is 5.38. The van der Waals surface area contributed by atoms with Crippen LogP contribution in [0.3, 0.4) is 0 Å². The maximum Gasteiger partial charge on any atom is 0.151 e. The SMILES string of the molecule is CCCCCN(c1cc(F)cc(F)c1N)C(C)C. The molecule has 0 atom stereocenters. The third kappa shape index (κ3) is 3.59. The van der Waals surface area contributed by atoms with Gasteiger partial charge in [-0.25, -0.2) is 8.78 Å². The van der Waals surface area contributed by atoms with Gasteiger partial charge >= 0.3 is 0 Å². The monoisotopic (exact) mass is 256 g/mol. The Hall–Kier alpha value is -1.32. The van der Waals surface area contributed by atoms with Gasteiger partial charge in [0.05, 0.1) is 11.4 Å². The molecule has 2 N–H and O–H groups in total. The number of anilines is 2. The fraction of sp³-hybridized carbons (Fsp3) is 0.571. The quantitative estimate of drug-likeness (QED) is 0.616. The van der Waals surface area contributed by atoms with Crippen LogP contribution in [0.15, 0.2) is 12.1 Å². The van der Waals surface area contributed by atoms with Gasteiger partial charge in [-0.3, -0.25) is 0 Å². The van der Waals surface area contributed by atoms with Gasteiger partial charge in [0.15, 0.2) is 5.82 Å². The molecule has 0 saturated carbocycles. The summed E-state index contributed by atoms with van der Waals surface area (Å²) in [6.45, 7) is 6.87. The molecule has 0 aliphatic carbocycles. The van der Waals surface area contributed by atoms with Crippen molar-refractivity contribution in [2.45, 2.75) is 46.1 Å². The second kappa shape index (κ2) is 6.57. The van der Waals surface area contributed by atoms with Crippen molar-refractivity contribution in [3.05, 3.63) is 23.8 Å². The molecule has 0 unspecified atom stereocenters. The van der Waals surface area contributed by atoms with Gasteiger partial charge in [-0.2, -0.15) is 0 Å². The number of nitrogens with two attached hydrogens (primary N) is 1. The van der Waals surface area contributed by atoms with E-state index in [1.807, 2.05) is 18.7 Å². The van der Waals surface area contributed by atoms with E-state index < -0.39 is 11.6 Å². The van der Waals surface area contributed by atoms with Gasteiger partial charge in [0, 0.05) is 18.7 Å². The highest BCUT2D eigenvalue weighted by Crippen LogP contribution is 2.29. The summed E-state index contributed by atoms with van der Waals surface area (Å²) in [4.78, 5) is 1.96. The second-order valence-corrected chi connectivity index (χ2v) is 4.81. The van der Waals surface area contributed by atoms with Gasteiger partial charge in [-0.15, -0.1) is 0 Å². The van der Waals surface area contributed by atoms with E-state index in [4.69, 9.17) is 5.73 Å². The van der Waals surface area contributed by atoms with Gasteiger partial charge in [0.2, 0.25) is 0 Å². The largest absolute Gasteiger partial charge is 0.395 e. The summed E-state index contributed by atoms with van der Waals surface area (Å²) in [5.41, 5.74) is 6.20. The van der Waals surface area contributed by atoms with Crippen LogP contribution in [0.2, 0.25) is 0 Å². The van der Waals surface area contributed by atoms with Crippen molar-refractivity contribution < 1.29 is 8.78 Å². The molecule has 102 valence electrons. The molecular weight excluding hydrogens is 234 g/mol. The minimum absolute atomic E-state index is 0.0293. The highest BCUT2D eigenvalue weighted by Gasteiger charge is 2.17. The van der Waals surface area contributed by atoms with Crippen molar-refractivity contribution in [1.82, 2.24) is 0 Å². The Labute approximate surface area is 108 Å². The molecule has 0 bridgehead atoms. The molecule has 18 heavy (non-hydrogen) atoms. The second-order valence-electron chi connectivity index (χ2n) is 4.81. The van der Waals surface area contributed by atoms with Gasteiger partial charge in [-0.05, 0) is 26.3 Å². The summed E-state index contributed by atoms with van der Waals surface area (Å²) < 4.78 is 26.8. The Bertz CT molecular complexity index is 392. The predicted octanol–water partition coefficient (Wildman–Crippen LogP) is 3.95. The fourth-order valence-electron chi connectivity index (χ4n) is 2.00. The van der Waals surface area contributed by atoms with E-state index in [0.717, 1.165) is 31.9 Å². The fourth-order valence-corrected chi connectivity index (χ4v) is 2.00. The van der Waals surface area contributed by atoms with E-state index >= 15 is 0 Å². The topological polar surface area (TPSA) is 29.3 Å². The number of hydrogen-bond acceptors (Lipinski definition) is 2. The lowest BCUT2D eigenvalue weighted by atomic mass is 10.1. The zero-order valence-electron chi connectivity index (χ0n) is 11.3. The molecule has 4 heteroatoms. The van der Waals surface area contributed by atoms with E-state index in [-0.39, 0.29) is 11.7 Å². The highest BCUT2D eigenvalue weighted by atomic mass is 19.1. The Morgan fingerprint density at radius 3 is 2.44 bits per heavy atom. The first kappa shape index (κ1) is 14.7. The minimum Gasteiger partial charge on any atom is -0.395 e. The number of benzene rings is 1. The van der Waals surface area contributed by atoms with Gasteiger partial charge in [0.25, 0.3) is 0 Å². The van der Waals surface area contributed by atoms with Crippen molar-refractivity contribution in [2.75, 3.05) is 17.2 Å². The molecule has 0 aliphatic heterocycles. The minimum atomic E-state index is -0.689. The first-order valence-corrected chi connectivity index (χ1v) is 6.48. The highest BCUT2D eigenvalue weighted by molar-refractivity contribution is 5.68. The average Bonchev–Trinajstić information content (AvgIpc) is 2.29. The Morgan fingerprint density at radius 1 is 1.22 bits per heavy atom. The van der Waals surface area contributed by atoms with Crippen molar-refractivity contribution in [3.63, 3.8) is 0 Å². The first-order valence-electron chi connectivity index (χ1n) is 6.48. The van der Waals surface area contributed by atoms with Crippen molar-refractivity contribution in [2.24, 2.45) is 0 Å². The number of nitrogen functional groups attached to an aromatic ring is 1. The zero-order chi connectivity index (χ0) is 13.7. The lowest BCUT2D eigenvalue weighted by molar-refractivity contribution is 0.578. The molecule has 0 spiro atoms. The van der Waals surface area contributed by atoms with E-state index in [9.17, 15) is 8.78 Å². The van der Waals surface area contributed by atoms with Crippen LogP contribution in [-0.2, 0) is 0 Å². The van der Waals surface area contributed by atoms with Crippen LogP contribution in [0, 0.1) is 11.6 Å². The van der Waals surface area contributed by atoms with Crippen molar-refractivity contribution in [1.29, 1.82) is 0 Å². The third-order valence-electron chi connectivity index (χ3n) is 3.01. The smallest absolute Gasteiger partial charge is 0.151 e. The molecular formula is C14H22F2N2.